The zero-order valence-electron chi connectivity index (χ0n) is 10.9. The summed E-state index contributed by atoms with van der Waals surface area (Å²) in [7, 11) is 0. The van der Waals surface area contributed by atoms with E-state index in [1.165, 1.54) is 11.0 Å². The average molecular weight is 298 g/mol. The Morgan fingerprint density at radius 3 is 2.60 bits per heavy atom. The first-order chi connectivity index (χ1) is 9.50. The fourth-order valence-corrected chi connectivity index (χ4v) is 2.72. The van der Waals surface area contributed by atoms with Crippen LogP contribution in [-0.4, -0.2) is 28.4 Å². The van der Waals surface area contributed by atoms with Crippen molar-refractivity contribution in [3.05, 3.63) is 35.4 Å². The monoisotopic (exact) mass is 298 g/mol. The zero-order valence-corrected chi connectivity index (χ0v) is 11.8. The van der Waals surface area contributed by atoms with Crippen molar-refractivity contribution in [3.8, 4) is 0 Å². The first-order valence-electron chi connectivity index (χ1n) is 6.52. The first-order valence-corrected chi connectivity index (χ1v) is 6.93. The number of carbonyl (C=O) groups excluding carboxylic acids is 1. The van der Waals surface area contributed by atoms with E-state index in [2.05, 4.69) is 0 Å². The molecule has 0 radical (unpaired) electrons. The number of hydrogen-bond acceptors (Lipinski definition) is 2. The first kappa shape index (κ1) is 14.8. The highest BCUT2D eigenvalue weighted by molar-refractivity contribution is 7.80. The molecule has 108 valence electrons. The minimum atomic E-state index is -0.706. The third-order valence-corrected chi connectivity index (χ3v) is 3.81. The molecule has 1 amide bonds. The minimum Gasteiger partial charge on any atom is -0.392 e. The van der Waals surface area contributed by atoms with Crippen molar-refractivity contribution in [1.82, 2.24) is 4.90 Å². The maximum Gasteiger partial charge on any atom is 0.227 e. The number of nitrogens with two attached hydrogens (primary N) is 1. The average Bonchev–Trinajstić information content (AvgIpc) is 2.43. The van der Waals surface area contributed by atoms with Gasteiger partial charge in [0.25, 0.3) is 0 Å². The van der Waals surface area contributed by atoms with E-state index in [0.717, 1.165) is 25.0 Å². The van der Waals surface area contributed by atoms with Crippen molar-refractivity contribution >= 4 is 23.1 Å². The van der Waals surface area contributed by atoms with Crippen molar-refractivity contribution < 1.29 is 13.6 Å². The second-order valence-corrected chi connectivity index (χ2v) is 5.35. The van der Waals surface area contributed by atoms with E-state index in [1.807, 2.05) is 0 Å². The Morgan fingerprint density at radius 1 is 1.35 bits per heavy atom. The molecule has 1 unspecified atom stereocenters. The SMILES string of the molecule is NC(=S)C1CCCCN1C(=O)Cc1c(F)cccc1F. The molecule has 1 aromatic rings. The molecular formula is C14H16F2N2OS. The van der Waals surface area contributed by atoms with Gasteiger partial charge in [0.2, 0.25) is 5.91 Å². The van der Waals surface area contributed by atoms with Crippen molar-refractivity contribution in [3.63, 3.8) is 0 Å². The second-order valence-electron chi connectivity index (χ2n) is 4.88. The molecule has 0 saturated carbocycles. The molecule has 1 atom stereocenters. The molecule has 3 nitrogen and oxygen atoms in total. The number of hydrogen-bond donors (Lipinski definition) is 1. The Morgan fingerprint density at radius 2 is 2.00 bits per heavy atom. The van der Waals surface area contributed by atoms with E-state index in [-0.39, 0.29) is 28.9 Å². The summed E-state index contributed by atoms with van der Waals surface area (Å²) in [4.78, 5) is 14.1. The van der Waals surface area contributed by atoms with Crippen molar-refractivity contribution in [1.29, 1.82) is 0 Å². The third kappa shape index (κ3) is 3.12. The lowest BCUT2D eigenvalue weighted by atomic mass is 10.0. The summed E-state index contributed by atoms with van der Waals surface area (Å²) in [6, 6.07) is 3.26. The van der Waals surface area contributed by atoms with Gasteiger partial charge in [0.05, 0.1) is 17.5 Å². The van der Waals surface area contributed by atoms with Crippen LogP contribution in [0.5, 0.6) is 0 Å². The van der Waals surface area contributed by atoms with Gasteiger partial charge in [0.15, 0.2) is 0 Å². The Hall–Kier alpha value is -1.56. The van der Waals surface area contributed by atoms with Crippen LogP contribution in [0.3, 0.4) is 0 Å². The number of likely N-dealkylation sites (tertiary alicyclic amines) is 1. The van der Waals surface area contributed by atoms with Gasteiger partial charge in [-0.1, -0.05) is 18.3 Å². The second kappa shape index (κ2) is 6.26. The maximum atomic E-state index is 13.6. The molecule has 1 saturated heterocycles. The van der Waals surface area contributed by atoms with E-state index >= 15 is 0 Å². The predicted molar refractivity (Wildman–Crippen MR) is 76.2 cm³/mol. The van der Waals surface area contributed by atoms with E-state index in [9.17, 15) is 13.6 Å². The molecule has 0 bridgehead atoms. The Kier molecular flexibility index (Phi) is 4.65. The third-order valence-electron chi connectivity index (χ3n) is 3.54. The van der Waals surface area contributed by atoms with Gasteiger partial charge in [-0.25, -0.2) is 8.78 Å². The topological polar surface area (TPSA) is 46.3 Å². The largest absolute Gasteiger partial charge is 0.392 e. The van der Waals surface area contributed by atoms with Gasteiger partial charge < -0.3 is 10.6 Å². The standard InChI is InChI=1S/C14H16F2N2OS/c15-10-4-3-5-11(16)9(10)8-13(19)18-7-2-1-6-12(18)14(17)20/h3-5,12H,1-2,6-8H2,(H2,17,20). The smallest absolute Gasteiger partial charge is 0.227 e. The molecule has 6 heteroatoms. The number of halogens is 2. The van der Waals surface area contributed by atoms with Gasteiger partial charge in [-0.05, 0) is 31.4 Å². The quantitative estimate of drug-likeness (QED) is 0.870. The molecule has 1 aromatic carbocycles. The van der Waals surface area contributed by atoms with Gasteiger partial charge >= 0.3 is 0 Å². The molecule has 1 heterocycles. The molecule has 0 spiro atoms. The number of carbonyl (C=O) groups is 1. The van der Waals surface area contributed by atoms with Gasteiger partial charge in [-0.3, -0.25) is 4.79 Å². The fraction of sp³-hybridized carbons (Fsp3) is 0.429. The molecule has 20 heavy (non-hydrogen) atoms. The van der Waals surface area contributed by atoms with Crippen LogP contribution in [0.4, 0.5) is 8.78 Å². The van der Waals surface area contributed by atoms with Crippen LogP contribution in [-0.2, 0) is 11.2 Å². The fourth-order valence-electron chi connectivity index (χ4n) is 2.48. The lowest BCUT2D eigenvalue weighted by molar-refractivity contribution is -0.132. The maximum absolute atomic E-state index is 13.6. The molecule has 1 fully saturated rings. The van der Waals surface area contributed by atoms with Crippen LogP contribution in [0.15, 0.2) is 18.2 Å². The Labute approximate surface area is 121 Å². The highest BCUT2D eigenvalue weighted by Gasteiger charge is 2.29. The predicted octanol–water partition coefficient (Wildman–Crippen LogP) is 2.17. The van der Waals surface area contributed by atoms with Gasteiger partial charge in [-0.15, -0.1) is 0 Å². The highest BCUT2D eigenvalue weighted by Crippen LogP contribution is 2.20. The van der Waals surface area contributed by atoms with E-state index in [4.69, 9.17) is 18.0 Å². The number of amides is 1. The summed E-state index contributed by atoms with van der Waals surface area (Å²) in [6.45, 7) is 0.525. The molecule has 0 aromatic heterocycles. The van der Waals surface area contributed by atoms with Gasteiger partial charge in [0.1, 0.15) is 11.6 Å². The van der Waals surface area contributed by atoms with Crippen LogP contribution >= 0.6 is 12.2 Å². The number of nitrogens with zero attached hydrogens (tertiary/aromatic N) is 1. The molecule has 2 N–H and O–H groups in total. The number of rotatable bonds is 3. The molecular weight excluding hydrogens is 282 g/mol. The van der Waals surface area contributed by atoms with Crippen LogP contribution in [0.25, 0.3) is 0 Å². The Bertz CT molecular complexity index is 516. The van der Waals surface area contributed by atoms with E-state index in [0.29, 0.717) is 13.0 Å². The zero-order chi connectivity index (χ0) is 14.7. The van der Waals surface area contributed by atoms with Gasteiger partial charge in [0, 0.05) is 12.1 Å². The van der Waals surface area contributed by atoms with Crippen LogP contribution < -0.4 is 5.73 Å². The summed E-state index contributed by atoms with van der Waals surface area (Å²) >= 11 is 4.96. The lowest BCUT2D eigenvalue weighted by Gasteiger charge is -2.35. The molecule has 2 rings (SSSR count). The number of piperidine rings is 1. The van der Waals surface area contributed by atoms with E-state index in [1.54, 1.807) is 0 Å². The summed E-state index contributed by atoms with van der Waals surface area (Å²) in [5, 5.41) is 0. The van der Waals surface area contributed by atoms with Crippen LogP contribution in [0.2, 0.25) is 0 Å². The van der Waals surface area contributed by atoms with Crippen molar-refractivity contribution in [2.24, 2.45) is 5.73 Å². The Balaban J connectivity index is 2.16. The summed E-state index contributed by atoms with van der Waals surface area (Å²) in [5.74, 6) is -1.75. The summed E-state index contributed by atoms with van der Waals surface area (Å²) < 4.78 is 27.1. The van der Waals surface area contributed by atoms with Crippen LogP contribution in [0.1, 0.15) is 24.8 Å². The minimum absolute atomic E-state index is 0.204. The highest BCUT2D eigenvalue weighted by atomic mass is 32.1. The van der Waals surface area contributed by atoms with Crippen LogP contribution in [0, 0.1) is 11.6 Å². The molecule has 1 aliphatic heterocycles. The summed E-state index contributed by atoms with van der Waals surface area (Å²) in [6.07, 6.45) is 2.20. The lowest BCUT2D eigenvalue weighted by Crippen LogP contribution is -2.50. The van der Waals surface area contributed by atoms with Gasteiger partial charge in [-0.2, -0.15) is 0 Å². The molecule has 1 aliphatic rings. The number of benzene rings is 1. The normalized spacial score (nSPS) is 18.9. The van der Waals surface area contributed by atoms with Crippen molar-refractivity contribution in [2.75, 3.05) is 6.54 Å². The van der Waals surface area contributed by atoms with E-state index < -0.39 is 11.6 Å². The summed E-state index contributed by atoms with van der Waals surface area (Å²) in [5.41, 5.74) is 5.43. The number of thiocarbonyl (C=S) groups is 1. The molecule has 0 aliphatic carbocycles. The van der Waals surface area contributed by atoms with Crippen molar-refractivity contribution in [2.45, 2.75) is 31.7 Å².